The SMILES string of the molecule is Cc1cc(C)nc(Sc2ccc(C#N)cc2Br)c1. The predicted molar refractivity (Wildman–Crippen MR) is 76.7 cm³/mol. The Kier molecular flexibility index (Phi) is 4.05. The smallest absolute Gasteiger partial charge is 0.101 e. The summed E-state index contributed by atoms with van der Waals surface area (Å²) in [6.07, 6.45) is 0. The third kappa shape index (κ3) is 3.12. The van der Waals surface area contributed by atoms with Crippen molar-refractivity contribution in [2.45, 2.75) is 23.8 Å². The quantitative estimate of drug-likeness (QED) is 0.818. The highest BCUT2D eigenvalue weighted by Crippen LogP contribution is 2.33. The lowest BCUT2D eigenvalue weighted by molar-refractivity contribution is 1.05. The van der Waals surface area contributed by atoms with Crippen molar-refractivity contribution in [1.82, 2.24) is 4.98 Å². The van der Waals surface area contributed by atoms with Gasteiger partial charge in [0.25, 0.3) is 0 Å². The maximum Gasteiger partial charge on any atom is 0.101 e. The number of pyridine rings is 1. The highest BCUT2D eigenvalue weighted by Gasteiger charge is 2.05. The highest BCUT2D eigenvalue weighted by molar-refractivity contribution is 9.10. The summed E-state index contributed by atoms with van der Waals surface area (Å²) in [6, 6.07) is 11.8. The second-order valence-electron chi connectivity index (χ2n) is 3.98. The Labute approximate surface area is 119 Å². The van der Waals surface area contributed by atoms with Gasteiger partial charge in [-0.2, -0.15) is 5.26 Å². The fraction of sp³-hybridized carbons (Fsp3) is 0.143. The van der Waals surface area contributed by atoms with Gasteiger partial charge in [0.05, 0.1) is 11.6 Å². The first-order valence-electron chi connectivity index (χ1n) is 5.41. The van der Waals surface area contributed by atoms with Gasteiger partial charge in [-0.25, -0.2) is 4.98 Å². The van der Waals surface area contributed by atoms with Crippen molar-refractivity contribution in [3.8, 4) is 6.07 Å². The largest absolute Gasteiger partial charge is 0.246 e. The molecule has 0 atom stereocenters. The zero-order valence-electron chi connectivity index (χ0n) is 10.1. The van der Waals surface area contributed by atoms with Crippen LogP contribution in [0.2, 0.25) is 0 Å². The van der Waals surface area contributed by atoms with Gasteiger partial charge in [-0.1, -0.05) is 11.8 Å². The van der Waals surface area contributed by atoms with E-state index in [2.05, 4.69) is 46.0 Å². The van der Waals surface area contributed by atoms with Gasteiger partial charge in [-0.15, -0.1) is 0 Å². The monoisotopic (exact) mass is 318 g/mol. The third-order valence-electron chi connectivity index (χ3n) is 2.35. The molecule has 18 heavy (non-hydrogen) atoms. The van der Waals surface area contributed by atoms with Crippen LogP contribution in [0.1, 0.15) is 16.8 Å². The molecule has 0 aliphatic rings. The fourth-order valence-electron chi connectivity index (χ4n) is 1.62. The molecule has 0 spiro atoms. The Morgan fingerprint density at radius 2 is 2.00 bits per heavy atom. The number of nitriles is 1. The molecule has 0 N–H and O–H groups in total. The van der Waals surface area contributed by atoms with Crippen molar-refractivity contribution in [2.75, 3.05) is 0 Å². The zero-order chi connectivity index (χ0) is 13.1. The summed E-state index contributed by atoms with van der Waals surface area (Å²) in [5, 5.41) is 9.80. The Morgan fingerprint density at radius 1 is 1.22 bits per heavy atom. The normalized spacial score (nSPS) is 10.1. The number of nitrogens with zero attached hydrogens (tertiary/aromatic N) is 2. The molecule has 0 aliphatic heterocycles. The first kappa shape index (κ1) is 13.1. The summed E-state index contributed by atoms with van der Waals surface area (Å²) in [5.74, 6) is 0. The van der Waals surface area contributed by atoms with Crippen LogP contribution >= 0.6 is 27.7 Å². The van der Waals surface area contributed by atoms with Crippen LogP contribution in [-0.4, -0.2) is 4.98 Å². The molecule has 0 fully saturated rings. The summed E-state index contributed by atoms with van der Waals surface area (Å²) in [7, 11) is 0. The van der Waals surface area contributed by atoms with E-state index >= 15 is 0 Å². The van der Waals surface area contributed by atoms with E-state index in [0.717, 1.165) is 20.1 Å². The van der Waals surface area contributed by atoms with Crippen molar-refractivity contribution in [3.63, 3.8) is 0 Å². The Bertz CT molecular complexity index is 612. The number of aromatic nitrogens is 1. The second-order valence-corrected chi connectivity index (χ2v) is 5.90. The molecule has 2 nitrogen and oxygen atoms in total. The molecule has 0 amide bonds. The van der Waals surface area contributed by atoms with Crippen LogP contribution in [0.5, 0.6) is 0 Å². The molecule has 1 aromatic carbocycles. The predicted octanol–water partition coefficient (Wildman–Crippen LogP) is 4.48. The molecule has 0 saturated heterocycles. The lowest BCUT2D eigenvalue weighted by Gasteiger charge is -2.06. The maximum absolute atomic E-state index is 8.83. The molecule has 0 radical (unpaired) electrons. The molecule has 0 aliphatic carbocycles. The van der Waals surface area contributed by atoms with Gasteiger partial charge in [-0.3, -0.25) is 0 Å². The molecule has 4 heteroatoms. The van der Waals surface area contributed by atoms with Gasteiger partial charge in [-0.05, 0) is 65.7 Å². The molecule has 1 heterocycles. The minimum absolute atomic E-state index is 0.652. The van der Waals surface area contributed by atoms with Crippen LogP contribution in [0.4, 0.5) is 0 Å². The molecule has 2 rings (SSSR count). The van der Waals surface area contributed by atoms with Crippen LogP contribution in [0.15, 0.2) is 44.7 Å². The van der Waals surface area contributed by atoms with Crippen LogP contribution < -0.4 is 0 Å². The van der Waals surface area contributed by atoms with Crippen molar-refractivity contribution in [3.05, 3.63) is 51.6 Å². The first-order valence-corrected chi connectivity index (χ1v) is 7.02. The molecule has 2 aromatic rings. The molecular weight excluding hydrogens is 308 g/mol. The number of hydrogen-bond acceptors (Lipinski definition) is 3. The average molecular weight is 319 g/mol. The molecule has 0 unspecified atom stereocenters. The average Bonchev–Trinajstić information content (AvgIpc) is 2.30. The van der Waals surface area contributed by atoms with Crippen LogP contribution in [0.25, 0.3) is 0 Å². The minimum Gasteiger partial charge on any atom is -0.246 e. The lowest BCUT2D eigenvalue weighted by Crippen LogP contribution is -1.87. The summed E-state index contributed by atoms with van der Waals surface area (Å²) < 4.78 is 0.924. The number of rotatable bonds is 2. The van der Waals surface area contributed by atoms with Gasteiger partial charge in [0.2, 0.25) is 0 Å². The van der Waals surface area contributed by atoms with Crippen LogP contribution in [0.3, 0.4) is 0 Å². The van der Waals surface area contributed by atoms with E-state index in [1.807, 2.05) is 25.1 Å². The van der Waals surface area contributed by atoms with Crippen LogP contribution in [-0.2, 0) is 0 Å². The summed E-state index contributed by atoms with van der Waals surface area (Å²) in [5.41, 5.74) is 2.87. The number of halogens is 1. The van der Waals surface area contributed by atoms with Crippen molar-refractivity contribution in [2.24, 2.45) is 0 Å². The van der Waals surface area contributed by atoms with E-state index in [-0.39, 0.29) is 0 Å². The summed E-state index contributed by atoms with van der Waals surface area (Å²) >= 11 is 5.08. The van der Waals surface area contributed by atoms with Crippen molar-refractivity contribution < 1.29 is 0 Å². The topological polar surface area (TPSA) is 36.7 Å². The first-order chi connectivity index (χ1) is 8.58. The second kappa shape index (κ2) is 5.55. The number of hydrogen-bond donors (Lipinski definition) is 0. The van der Waals surface area contributed by atoms with Crippen molar-refractivity contribution in [1.29, 1.82) is 5.26 Å². The fourth-order valence-corrected chi connectivity index (χ4v) is 3.20. The van der Waals surface area contributed by atoms with E-state index in [0.29, 0.717) is 5.56 Å². The molecular formula is C14H11BrN2S. The molecule has 90 valence electrons. The third-order valence-corrected chi connectivity index (χ3v) is 4.26. The van der Waals surface area contributed by atoms with Crippen molar-refractivity contribution >= 4 is 27.7 Å². The molecule has 0 bridgehead atoms. The van der Waals surface area contributed by atoms with Gasteiger partial charge in [0.15, 0.2) is 0 Å². The standard InChI is InChI=1S/C14H11BrN2S/c1-9-5-10(2)17-14(6-9)18-13-4-3-11(8-16)7-12(13)15/h3-7H,1-2H3. The van der Waals surface area contributed by atoms with E-state index < -0.39 is 0 Å². The van der Waals surface area contributed by atoms with Gasteiger partial charge < -0.3 is 0 Å². The van der Waals surface area contributed by atoms with Gasteiger partial charge in [0, 0.05) is 15.1 Å². The van der Waals surface area contributed by atoms with Gasteiger partial charge >= 0.3 is 0 Å². The van der Waals surface area contributed by atoms with E-state index in [9.17, 15) is 0 Å². The zero-order valence-corrected chi connectivity index (χ0v) is 12.5. The molecule has 0 saturated carbocycles. The number of aryl methyl sites for hydroxylation is 2. The number of benzene rings is 1. The summed E-state index contributed by atoms with van der Waals surface area (Å²) in [4.78, 5) is 5.55. The van der Waals surface area contributed by atoms with Crippen LogP contribution in [0, 0.1) is 25.2 Å². The Hall–Kier alpha value is -1.31. The minimum atomic E-state index is 0.652. The Morgan fingerprint density at radius 3 is 2.61 bits per heavy atom. The molecule has 1 aromatic heterocycles. The van der Waals surface area contributed by atoms with E-state index in [1.54, 1.807) is 11.8 Å². The summed E-state index contributed by atoms with van der Waals surface area (Å²) in [6.45, 7) is 4.05. The van der Waals surface area contributed by atoms with E-state index in [1.165, 1.54) is 5.56 Å². The van der Waals surface area contributed by atoms with Gasteiger partial charge in [0.1, 0.15) is 5.03 Å². The lowest BCUT2D eigenvalue weighted by atomic mass is 10.2. The highest BCUT2D eigenvalue weighted by atomic mass is 79.9. The maximum atomic E-state index is 8.83. The Balaban J connectivity index is 2.31. The van der Waals surface area contributed by atoms with E-state index in [4.69, 9.17) is 5.26 Å².